The monoisotopic (exact) mass is 290 g/mol. The van der Waals surface area contributed by atoms with Crippen LogP contribution < -0.4 is 10.5 Å². The minimum Gasteiger partial charge on any atom is -0.369 e. The van der Waals surface area contributed by atoms with Gasteiger partial charge in [0.2, 0.25) is 0 Å². The van der Waals surface area contributed by atoms with Crippen LogP contribution in [0.3, 0.4) is 0 Å². The fourth-order valence-electron chi connectivity index (χ4n) is 2.62. The van der Waals surface area contributed by atoms with Crippen molar-refractivity contribution in [3.8, 4) is 6.07 Å². The molecule has 0 bridgehead atoms. The van der Waals surface area contributed by atoms with Crippen LogP contribution in [0, 0.1) is 11.3 Å². The number of rotatable bonds is 1. The van der Waals surface area contributed by atoms with Crippen LogP contribution in [0.4, 0.5) is 14.5 Å². The molecule has 0 radical (unpaired) electrons. The highest BCUT2D eigenvalue weighted by Crippen LogP contribution is 2.34. The minimum absolute atomic E-state index is 0.0427. The Labute approximate surface area is 118 Å². The number of piperidine rings is 1. The van der Waals surface area contributed by atoms with Gasteiger partial charge in [-0.2, -0.15) is 5.26 Å². The van der Waals surface area contributed by atoms with Gasteiger partial charge in [0.25, 0.3) is 11.5 Å². The van der Waals surface area contributed by atoms with Crippen molar-refractivity contribution in [1.29, 1.82) is 5.26 Å². The highest BCUT2D eigenvalue weighted by atomic mass is 19.3. The molecule has 1 aliphatic rings. The molecule has 0 amide bonds. The van der Waals surface area contributed by atoms with Gasteiger partial charge in [0.05, 0.1) is 17.4 Å². The summed E-state index contributed by atoms with van der Waals surface area (Å²) in [5, 5.41) is 9.88. The number of nitriles is 1. The lowest BCUT2D eigenvalue weighted by atomic mass is 10.0. The second-order valence-corrected chi connectivity index (χ2v) is 5.05. The number of anilines is 1. The topological polar surface area (TPSA) is 72.8 Å². The first kappa shape index (κ1) is 13.5. The predicted octanol–water partition coefficient (Wildman–Crippen LogP) is 2.03. The van der Waals surface area contributed by atoms with Gasteiger partial charge in [-0.1, -0.05) is 0 Å². The summed E-state index contributed by atoms with van der Waals surface area (Å²) in [5.41, 5.74) is 0.354. The maximum Gasteiger partial charge on any atom is 0.268 e. The number of aromatic amines is 1. The van der Waals surface area contributed by atoms with E-state index in [-0.39, 0.29) is 31.5 Å². The van der Waals surface area contributed by atoms with Gasteiger partial charge in [-0.25, -0.2) is 8.78 Å². The summed E-state index contributed by atoms with van der Waals surface area (Å²) in [6.45, 7) is 0.227. The van der Waals surface area contributed by atoms with Gasteiger partial charge in [-0.3, -0.25) is 9.78 Å². The first-order valence-corrected chi connectivity index (χ1v) is 6.55. The first-order chi connectivity index (χ1) is 10.0. The second-order valence-electron chi connectivity index (χ2n) is 5.05. The fourth-order valence-corrected chi connectivity index (χ4v) is 2.62. The van der Waals surface area contributed by atoms with Gasteiger partial charge in [0.1, 0.15) is 11.6 Å². The molecular weight excluding hydrogens is 278 g/mol. The third-order valence-corrected chi connectivity index (χ3v) is 3.71. The Bertz CT molecular complexity index is 784. The van der Waals surface area contributed by atoms with Crippen molar-refractivity contribution in [3.63, 3.8) is 0 Å². The van der Waals surface area contributed by atoms with Gasteiger partial charge < -0.3 is 9.88 Å². The lowest BCUT2D eigenvalue weighted by Gasteiger charge is -2.34. The molecule has 0 unspecified atom stereocenters. The van der Waals surface area contributed by atoms with Crippen LogP contribution in [0.5, 0.6) is 0 Å². The van der Waals surface area contributed by atoms with Gasteiger partial charge in [0, 0.05) is 37.5 Å². The molecule has 2 aromatic rings. The lowest BCUT2D eigenvalue weighted by Crippen LogP contribution is -2.40. The molecule has 21 heavy (non-hydrogen) atoms. The minimum atomic E-state index is -2.68. The number of halogens is 2. The largest absolute Gasteiger partial charge is 0.369 e. The molecule has 0 aromatic carbocycles. The average molecular weight is 290 g/mol. The van der Waals surface area contributed by atoms with Gasteiger partial charge in [-0.15, -0.1) is 0 Å². The molecule has 0 aliphatic carbocycles. The van der Waals surface area contributed by atoms with E-state index in [1.807, 2.05) is 6.07 Å². The van der Waals surface area contributed by atoms with Crippen molar-refractivity contribution >= 4 is 16.6 Å². The zero-order valence-electron chi connectivity index (χ0n) is 11.1. The summed E-state index contributed by atoms with van der Waals surface area (Å²) < 4.78 is 26.6. The summed E-state index contributed by atoms with van der Waals surface area (Å²) in [5.74, 6) is -2.68. The lowest BCUT2D eigenvalue weighted by molar-refractivity contribution is -0.0220. The summed E-state index contributed by atoms with van der Waals surface area (Å²) in [6.07, 6.45) is 2.47. The summed E-state index contributed by atoms with van der Waals surface area (Å²) in [7, 11) is 0. The first-order valence-electron chi connectivity index (χ1n) is 6.55. The van der Waals surface area contributed by atoms with Crippen molar-refractivity contribution in [2.24, 2.45) is 0 Å². The molecular formula is C14H12F2N4O. The van der Waals surface area contributed by atoms with Gasteiger partial charge in [0.15, 0.2) is 0 Å². The molecule has 5 nitrogen and oxygen atoms in total. The third-order valence-electron chi connectivity index (χ3n) is 3.71. The number of pyridine rings is 2. The molecule has 3 rings (SSSR count). The summed E-state index contributed by atoms with van der Waals surface area (Å²) in [4.78, 5) is 20.2. The van der Waals surface area contributed by atoms with Crippen LogP contribution in [-0.2, 0) is 0 Å². The number of alkyl halides is 2. The highest BCUT2D eigenvalue weighted by Gasteiger charge is 2.35. The van der Waals surface area contributed by atoms with Crippen LogP contribution in [0.15, 0.2) is 23.3 Å². The van der Waals surface area contributed by atoms with E-state index in [0.29, 0.717) is 16.6 Å². The Balaban J connectivity index is 2.17. The van der Waals surface area contributed by atoms with Crippen LogP contribution >= 0.6 is 0 Å². The normalized spacial score (nSPS) is 17.7. The zero-order valence-corrected chi connectivity index (χ0v) is 11.1. The Morgan fingerprint density at radius 1 is 1.38 bits per heavy atom. The summed E-state index contributed by atoms with van der Waals surface area (Å²) in [6, 6.07) is 3.56. The van der Waals surface area contributed by atoms with E-state index in [0.717, 1.165) is 0 Å². The maximum atomic E-state index is 13.3. The zero-order chi connectivity index (χ0) is 15.0. The second kappa shape index (κ2) is 4.81. The molecule has 1 N–H and O–H groups in total. The molecule has 1 aliphatic heterocycles. The Morgan fingerprint density at radius 2 is 2.10 bits per heavy atom. The number of H-pyrrole nitrogens is 1. The predicted molar refractivity (Wildman–Crippen MR) is 73.5 cm³/mol. The Kier molecular flexibility index (Phi) is 3.09. The van der Waals surface area contributed by atoms with Crippen LogP contribution in [-0.4, -0.2) is 29.0 Å². The van der Waals surface area contributed by atoms with E-state index in [2.05, 4.69) is 9.97 Å². The Morgan fingerprint density at radius 3 is 2.76 bits per heavy atom. The van der Waals surface area contributed by atoms with Gasteiger partial charge in [-0.05, 0) is 6.07 Å². The van der Waals surface area contributed by atoms with E-state index < -0.39 is 11.5 Å². The highest BCUT2D eigenvalue weighted by molar-refractivity contribution is 5.93. The molecule has 7 heteroatoms. The molecule has 0 atom stereocenters. The van der Waals surface area contributed by atoms with E-state index in [1.165, 1.54) is 6.20 Å². The van der Waals surface area contributed by atoms with Crippen LogP contribution in [0.25, 0.3) is 10.9 Å². The molecule has 2 aromatic heterocycles. The van der Waals surface area contributed by atoms with Crippen molar-refractivity contribution < 1.29 is 8.78 Å². The smallest absolute Gasteiger partial charge is 0.268 e. The molecule has 0 saturated carbocycles. The molecule has 1 fully saturated rings. The molecule has 108 valence electrons. The maximum absolute atomic E-state index is 13.3. The summed E-state index contributed by atoms with van der Waals surface area (Å²) >= 11 is 0. The SMILES string of the molecule is N#Cc1c(N2CCC(F)(F)CC2)c2ccncc2[nH]c1=O. The molecule has 3 heterocycles. The number of nitrogens with one attached hydrogen (secondary N) is 1. The number of nitrogens with zero attached hydrogens (tertiary/aromatic N) is 3. The van der Waals surface area contributed by atoms with Crippen LogP contribution in [0.1, 0.15) is 18.4 Å². The van der Waals surface area contributed by atoms with E-state index >= 15 is 0 Å². The number of hydrogen-bond donors (Lipinski definition) is 1. The third kappa shape index (κ3) is 2.33. The number of aromatic nitrogens is 2. The Hall–Kier alpha value is -2.49. The van der Waals surface area contributed by atoms with Crippen molar-refractivity contribution in [2.75, 3.05) is 18.0 Å². The van der Waals surface area contributed by atoms with E-state index in [1.54, 1.807) is 17.2 Å². The van der Waals surface area contributed by atoms with Crippen LogP contribution in [0.2, 0.25) is 0 Å². The quantitative estimate of drug-likeness (QED) is 0.872. The fraction of sp³-hybridized carbons (Fsp3) is 0.357. The van der Waals surface area contributed by atoms with E-state index in [9.17, 15) is 18.8 Å². The van der Waals surface area contributed by atoms with Crippen molar-refractivity contribution in [2.45, 2.75) is 18.8 Å². The number of hydrogen-bond acceptors (Lipinski definition) is 4. The molecule has 0 spiro atoms. The van der Waals surface area contributed by atoms with Crippen molar-refractivity contribution in [3.05, 3.63) is 34.4 Å². The molecule has 1 saturated heterocycles. The number of fused-ring (bicyclic) bond motifs is 1. The average Bonchev–Trinajstić information content (AvgIpc) is 2.46. The van der Waals surface area contributed by atoms with Gasteiger partial charge >= 0.3 is 0 Å². The van der Waals surface area contributed by atoms with E-state index in [4.69, 9.17) is 0 Å². The van der Waals surface area contributed by atoms with Crippen molar-refractivity contribution in [1.82, 2.24) is 9.97 Å². The standard InChI is InChI=1S/C14H12F2N4O/c15-14(16)2-5-20(6-3-14)12-9-1-4-18-8-11(9)19-13(21)10(12)7-17/h1,4,8H,2-3,5-6H2,(H,19,21).